The summed E-state index contributed by atoms with van der Waals surface area (Å²) in [7, 11) is 0. The van der Waals surface area contributed by atoms with E-state index in [4.69, 9.17) is 0 Å². The van der Waals surface area contributed by atoms with Crippen LogP contribution in [0.25, 0.3) is 0 Å². The molecule has 0 amide bonds. The van der Waals surface area contributed by atoms with Crippen molar-refractivity contribution >= 4 is 0 Å². The smallest absolute Gasteiger partial charge is 0.106 e. The van der Waals surface area contributed by atoms with Crippen molar-refractivity contribution in [2.75, 3.05) is 0 Å². The SMILES string of the molecule is CCCc1ncc(C(O)CC)[nH]1. The summed E-state index contributed by atoms with van der Waals surface area (Å²) in [6, 6.07) is 0. The zero-order valence-corrected chi connectivity index (χ0v) is 7.67. The van der Waals surface area contributed by atoms with E-state index in [1.54, 1.807) is 6.20 Å². The summed E-state index contributed by atoms with van der Waals surface area (Å²) < 4.78 is 0. The van der Waals surface area contributed by atoms with Crippen molar-refractivity contribution in [1.82, 2.24) is 9.97 Å². The first-order valence-corrected chi connectivity index (χ1v) is 4.49. The topological polar surface area (TPSA) is 48.9 Å². The lowest BCUT2D eigenvalue weighted by atomic mass is 10.2. The van der Waals surface area contributed by atoms with E-state index >= 15 is 0 Å². The van der Waals surface area contributed by atoms with Crippen LogP contribution >= 0.6 is 0 Å². The number of nitrogens with one attached hydrogen (secondary N) is 1. The van der Waals surface area contributed by atoms with E-state index in [1.165, 1.54) is 0 Å². The number of imidazole rings is 1. The van der Waals surface area contributed by atoms with Crippen molar-refractivity contribution in [3.8, 4) is 0 Å². The molecular formula is C9H16N2O. The third-order valence-corrected chi connectivity index (χ3v) is 1.88. The van der Waals surface area contributed by atoms with E-state index in [0.29, 0.717) is 0 Å². The number of aromatic amines is 1. The van der Waals surface area contributed by atoms with Gasteiger partial charge in [-0.15, -0.1) is 0 Å². The Kier molecular flexibility index (Phi) is 3.29. The molecule has 1 aromatic heterocycles. The van der Waals surface area contributed by atoms with Gasteiger partial charge < -0.3 is 10.1 Å². The molecule has 1 unspecified atom stereocenters. The van der Waals surface area contributed by atoms with Crippen LogP contribution in [0, 0.1) is 0 Å². The number of H-pyrrole nitrogens is 1. The third kappa shape index (κ3) is 2.08. The van der Waals surface area contributed by atoms with Gasteiger partial charge in [0.1, 0.15) is 5.82 Å². The van der Waals surface area contributed by atoms with Crippen molar-refractivity contribution < 1.29 is 5.11 Å². The molecule has 0 aliphatic heterocycles. The minimum Gasteiger partial charge on any atom is -0.387 e. The lowest BCUT2D eigenvalue weighted by Gasteiger charge is -2.02. The molecule has 12 heavy (non-hydrogen) atoms. The van der Waals surface area contributed by atoms with Crippen LogP contribution in [-0.2, 0) is 6.42 Å². The summed E-state index contributed by atoms with van der Waals surface area (Å²) in [5.74, 6) is 0.972. The molecule has 1 aromatic rings. The molecule has 0 radical (unpaired) electrons. The number of nitrogens with zero attached hydrogens (tertiary/aromatic N) is 1. The van der Waals surface area contributed by atoms with Crippen LogP contribution in [0.1, 0.15) is 44.3 Å². The highest BCUT2D eigenvalue weighted by molar-refractivity contribution is 5.04. The van der Waals surface area contributed by atoms with Crippen molar-refractivity contribution in [2.24, 2.45) is 0 Å². The Morgan fingerprint density at radius 3 is 2.92 bits per heavy atom. The fraction of sp³-hybridized carbons (Fsp3) is 0.667. The molecule has 0 saturated heterocycles. The molecule has 2 N–H and O–H groups in total. The lowest BCUT2D eigenvalue weighted by molar-refractivity contribution is 0.169. The molecule has 0 aliphatic carbocycles. The average molecular weight is 168 g/mol. The number of hydrogen-bond acceptors (Lipinski definition) is 2. The van der Waals surface area contributed by atoms with E-state index in [0.717, 1.165) is 30.8 Å². The Bertz CT molecular complexity index is 232. The number of aryl methyl sites for hydroxylation is 1. The predicted octanol–water partition coefficient (Wildman–Crippen LogP) is 1.81. The van der Waals surface area contributed by atoms with E-state index in [-0.39, 0.29) is 6.10 Å². The van der Waals surface area contributed by atoms with Gasteiger partial charge in [0.2, 0.25) is 0 Å². The number of rotatable bonds is 4. The van der Waals surface area contributed by atoms with Crippen molar-refractivity contribution in [3.63, 3.8) is 0 Å². The van der Waals surface area contributed by atoms with Gasteiger partial charge in [-0.2, -0.15) is 0 Å². The summed E-state index contributed by atoms with van der Waals surface area (Å²) >= 11 is 0. The number of aliphatic hydroxyl groups excluding tert-OH is 1. The van der Waals surface area contributed by atoms with Gasteiger partial charge in [0.05, 0.1) is 18.0 Å². The summed E-state index contributed by atoms with van der Waals surface area (Å²) in [6.45, 7) is 4.06. The Morgan fingerprint density at radius 1 is 1.58 bits per heavy atom. The first-order valence-electron chi connectivity index (χ1n) is 4.49. The predicted molar refractivity (Wildman–Crippen MR) is 47.8 cm³/mol. The molecule has 1 rings (SSSR count). The van der Waals surface area contributed by atoms with Gasteiger partial charge in [-0.3, -0.25) is 0 Å². The third-order valence-electron chi connectivity index (χ3n) is 1.88. The van der Waals surface area contributed by atoms with Gasteiger partial charge in [0.15, 0.2) is 0 Å². The average Bonchev–Trinajstić information content (AvgIpc) is 2.52. The van der Waals surface area contributed by atoms with Gasteiger partial charge in [0, 0.05) is 6.42 Å². The van der Waals surface area contributed by atoms with Crippen molar-refractivity contribution in [3.05, 3.63) is 17.7 Å². The van der Waals surface area contributed by atoms with Crippen LogP contribution in [0.15, 0.2) is 6.20 Å². The van der Waals surface area contributed by atoms with E-state index < -0.39 is 0 Å². The van der Waals surface area contributed by atoms with Crippen LogP contribution in [0.5, 0.6) is 0 Å². The quantitative estimate of drug-likeness (QED) is 0.720. The molecule has 0 spiro atoms. The molecule has 0 aliphatic rings. The fourth-order valence-corrected chi connectivity index (χ4v) is 1.13. The standard InChI is InChI=1S/C9H16N2O/c1-3-5-9-10-6-7(11-9)8(12)4-2/h6,8,12H,3-5H2,1-2H3,(H,10,11). The van der Waals surface area contributed by atoms with Gasteiger partial charge in [0.25, 0.3) is 0 Å². The molecule has 0 saturated carbocycles. The van der Waals surface area contributed by atoms with Gasteiger partial charge in [-0.1, -0.05) is 13.8 Å². The molecular weight excluding hydrogens is 152 g/mol. The normalized spacial score (nSPS) is 13.2. The number of hydrogen-bond donors (Lipinski definition) is 2. The minimum atomic E-state index is -0.386. The van der Waals surface area contributed by atoms with Crippen LogP contribution in [0.3, 0.4) is 0 Å². The highest BCUT2D eigenvalue weighted by Gasteiger charge is 2.07. The second kappa shape index (κ2) is 4.26. The van der Waals surface area contributed by atoms with Crippen LogP contribution in [0.4, 0.5) is 0 Å². The second-order valence-electron chi connectivity index (χ2n) is 2.96. The fourth-order valence-electron chi connectivity index (χ4n) is 1.13. The highest BCUT2D eigenvalue weighted by Crippen LogP contribution is 2.13. The molecule has 0 aromatic carbocycles. The maximum absolute atomic E-state index is 9.44. The zero-order valence-electron chi connectivity index (χ0n) is 7.67. The summed E-state index contributed by atoms with van der Waals surface area (Å²) in [4.78, 5) is 7.26. The second-order valence-corrected chi connectivity index (χ2v) is 2.96. The minimum absolute atomic E-state index is 0.386. The first kappa shape index (κ1) is 9.26. The molecule has 3 heteroatoms. The van der Waals surface area contributed by atoms with Gasteiger partial charge >= 0.3 is 0 Å². The van der Waals surface area contributed by atoms with Crippen LogP contribution in [-0.4, -0.2) is 15.1 Å². The summed E-state index contributed by atoms with van der Waals surface area (Å²) in [6.07, 6.45) is 4.10. The lowest BCUT2D eigenvalue weighted by Crippen LogP contribution is -1.95. The number of aromatic nitrogens is 2. The molecule has 1 atom stereocenters. The molecule has 3 nitrogen and oxygen atoms in total. The van der Waals surface area contributed by atoms with Crippen molar-refractivity contribution in [2.45, 2.75) is 39.2 Å². The molecule has 0 fully saturated rings. The van der Waals surface area contributed by atoms with E-state index in [9.17, 15) is 5.11 Å². The Balaban J connectivity index is 2.63. The highest BCUT2D eigenvalue weighted by atomic mass is 16.3. The maximum Gasteiger partial charge on any atom is 0.106 e. The molecule has 68 valence electrons. The Morgan fingerprint density at radius 2 is 2.33 bits per heavy atom. The largest absolute Gasteiger partial charge is 0.387 e. The van der Waals surface area contributed by atoms with E-state index in [1.807, 2.05) is 6.92 Å². The van der Waals surface area contributed by atoms with Gasteiger partial charge in [-0.05, 0) is 12.8 Å². The maximum atomic E-state index is 9.44. The van der Waals surface area contributed by atoms with Gasteiger partial charge in [-0.25, -0.2) is 4.98 Å². The Hall–Kier alpha value is -0.830. The summed E-state index contributed by atoms with van der Waals surface area (Å²) in [5.41, 5.74) is 0.834. The number of aliphatic hydroxyl groups is 1. The molecule has 1 heterocycles. The monoisotopic (exact) mass is 168 g/mol. The first-order chi connectivity index (χ1) is 5.77. The molecule has 0 bridgehead atoms. The van der Waals surface area contributed by atoms with Crippen molar-refractivity contribution in [1.29, 1.82) is 0 Å². The van der Waals surface area contributed by atoms with Crippen LogP contribution < -0.4 is 0 Å². The Labute approximate surface area is 72.8 Å². The van der Waals surface area contributed by atoms with Crippen LogP contribution in [0.2, 0.25) is 0 Å². The van der Waals surface area contributed by atoms with E-state index in [2.05, 4.69) is 16.9 Å². The summed E-state index contributed by atoms with van der Waals surface area (Å²) in [5, 5.41) is 9.44. The zero-order chi connectivity index (χ0) is 8.97.